The fraction of sp³-hybridized carbons (Fsp3) is 0.444. The second-order valence-corrected chi connectivity index (χ2v) is 6.24. The Balaban J connectivity index is 1.72. The van der Waals surface area contributed by atoms with Crippen LogP contribution in [0, 0.1) is 0 Å². The number of hydrogen-bond donors (Lipinski definition) is 1. The Kier molecular flexibility index (Phi) is 5.11. The number of aromatic nitrogens is 3. The molecule has 0 saturated carbocycles. The molecule has 1 saturated heterocycles. The fourth-order valence-corrected chi connectivity index (χ4v) is 3.09. The van der Waals surface area contributed by atoms with Gasteiger partial charge >= 0.3 is 0 Å². The van der Waals surface area contributed by atoms with E-state index in [0.717, 1.165) is 37.2 Å². The van der Waals surface area contributed by atoms with Gasteiger partial charge in [0.1, 0.15) is 0 Å². The summed E-state index contributed by atoms with van der Waals surface area (Å²) in [6.45, 7) is 5.42. The molecule has 1 fully saturated rings. The van der Waals surface area contributed by atoms with Crippen molar-refractivity contribution in [3.63, 3.8) is 0 Å². The molecule has 7 heteroatoms. The van der Waals surface area contributed by atoms with Crippen LogP contribution in [0.2, 0.25) is 0 Å². The molecular weight excluding hydrogens is 318 g/mol. The SMILES string of the molecule is CCn1cc(C(=O)N2CCC[C@@H]2c2ccc(CNC(C)=O)cn2)cn1. The van der Waals surface area contributed by atoms with Crippen LogP contribution < -0.4 is 5.32 Å². The quantitative estimate of drug-likeness (QED) is 0.901. The van der Waals surface area contributed by atoms with Gasteiger partial charge in [0.25, 0.3) is 5.91 Å². The molecule has 2 aromatic rings. The summed E-state index contributed by atoms with van der Waals surface area (Å²) >= 11 is 0. The van der Waals surface area contributed by atoms with Crippen LogP contribution in [0.3, 0.4) is 0 Å². The molecule has 3 rings (SSSR count). The number of aryl methyl sites for hydroxylation is 1. The minimum absolute atomic E-state index is 0.00585. The zero-order valence-electron chi connectivity index (χ0n) is 14.6. The lowest BCUT2D eigenvalue weighted by Crippen LogP contribution is -2.30. The molecule has 2 amide bonds. The maximum Gasteiger partial charge on any atom is 0.257 e. The molecule has 1 N–H and O–H groups in total. The molecule has 7 nitrogen and oxygen atoms in total. The highest BCUT2D eigenvalue weighted by Crippen LogP contribution is 2.32. The molecule has 0 aliphatic carbocycles. The van der Waals surface area contributed by atoms with Crippen molar-refractivity contribution in [1.29, 1.82) is 0 Å². The van der Waals surface area contributed by atoms with Crippen molar-refractivity contribution in [3.8, 4) is 0 Å². The zero-order valence-corrected chi connectivity index (χ0v) is 14.6. The number of likely N-dealkylation sites (tertiary alicyclic amines) is 1. The van der Waals surface area contributed by atoms with Crippen molar-refractivity contribution in [1.82, 2.24) is 25.0 Å². The van der Waals surface area contributed by atoms with Crippen molar-refractivity contribution in [2.24, 2.45) is 0 Å². The van der Waals surface area contributed by atoms with E-state index in [-0.39, 0.29) is 17.9 Å². The maximum atomic E-state index is 12.8. The van der Waals surface area contributed by atoms with Gasteiger partial charge in [-0.1, -0.05) is 6.07 Å². The number of nitrogens with zero attached hydrogens (tertiary/aromatic N) is 4. The normalized spacial score (nSPS) is 16.9. The Bertz CT molecular complexity index is 753. The van der Waals surface area contributed by atoms with Crippen molar-refractivity contribution in [2.45, 2.75) is 45.8 Å². The van der Waals surface area contributed by atoms with Crippen molar-refractivity contribution in [3.05, 3.63) is 47.5 Å². The maximum absolute atomic E-state index is 12.8. The van der Waals surface area contributed by atoms with E-state index >= 15 is 0 Å². The first-order valence-electron chi connectivity index (χ1n) is 8.61. The third-order valence-electron chi connectivity index (χ3n) is 4.45. The van der Waals surface area contributed by atoms with Crippen molar-refractivity contribution in [2.75, 3.05) is 6.54 Å². The lowest BCUT2D eigenvalue weighted by Gasteiger charge is -2.24. The molecule has 1 aliphatic heterocycles. The van der Waals surface area contributed by atoms with Crippen LogP contribution in [0.4, 0.5) is 0 Å². The fourth-order valence-electron chi connectivity index (χ4n) is 3.09. The van der Waals surface area contributed by atoms with Gasteiger partial charge in [-0.15, -0.1) is 0 Å². The summed E-state index contributed by atoms with van der Waals surface area (Å²) < 4.78 is 1.76. The number of carbonyl (C=O) groups excluding carboxylic acids is 2. The van der Waals surface area contributed by atoms with Gasteiger partial charge in [-0.2, -0.15) is 5.10 Å². The highest BCUT2D eigenvalue weighted by atomic mass is 16.2. The lowest BCUT2D eigenvalue weighted by atomic mass is 10.1. The number of hydrogen-bond acceptors (Lipinski definition) is 4. The van der Waals surface area contributed by atoms with Gasteiger partial charge in [0.2, 0.25) is 5.91 Å². The van der Waals surface area contributed by atoms with E-state index in [2.05, 4.69) is 15.4 Å². The van der Waals surface area contributed by atoms with Gasteiger partial charge in [0.15, 0.2) is 0 Å². The molecule has 2 aromatic heterocycles. The standard InChI is InChI=1S/C18H23N5O2/c1-3-22-12-15(11-21-22)18(25)23-8-4-5-17(23)16-7-6-14(10-20-16)9-19-13(2)24/h6-7,10-12,17H,3-5,8-9H2,1-2H3,(H,19,24)/t17-/m1/s1. The highest BCUT2D eigenvalue weighted by Gasteiger charge is 2.32. The molecule has 1 aliphatic rings. The first-order valence-corrected chi connectivity index (χ1v) is 8.61. The summed E-state index contributed by atoms with van der Waals surface area (Å²) in [6, 6.07) is 3.89. The Labute approximate surface area is 147 Å². The van der Waals surface area contributed by atoms with Gasteiger partial charge in [-0.05, 0) is 31.4 Å². The Hall–Kier alpha value is -2.70. The monoisotopic (exact) mass is 341 g/mol. The molecule has 0 unspecified atom stereocenters. The Morgan fingerprint density at radius 2 is 2.16 bits per heavy atom. The third-order valence-corrected chi connectivity index (χ3v) is 4.45. The summed E-state index contributed by atoms with van der Waals surface area (Å²) in [5.41, 5.74) is 2.45. The highest BCUT2D eigenvalue weighted by molar-refractivity contribution is 5.94. The van der Waals surface area contributed by atoms with E-state index in [1.165, 1.54) is 6.92 Å². The van der Waals surface area contributed by atoms with Crippen LogP contribution >= 0.6 is 0 Å². The van der Waals surface area contributed by atoms with E-state index in [1.807, 2.05) is 24.0 Å². The summed E-state index contributed by atoms with van der Waals surface area (Å²) in [7, 11) is 0. The summed E-state index contributed by atoms with van der Waals surface area (Å²) in [5, 5.41) is 6.94. The van der Waals surface area contributed by atoms with Gasteiger partial charge < -0.3 is 10.2 Å². The Morgan fingerprint density at radius 3 is 2.80 bits per heavy atom. The summed E-state index contributed by atoms with van der Waals surface area (Å²) in [4.78, 5) is 30.2. The molecule has 1 atom stereocenters. The van der Waals surface area contributed by atoms with Crippen LogP contribution in [-0.4, -0.2) is 38.0 Å². The van der Waals surface area contributed by atoms with E-state index < -0.39 is 0 Å². The van der Waals surface area contributed by atoms with Crippen molar-refractivity contribution >= 4 is 11.8 Å². The number of pyridine rings is 1. The molecular formula is C18H23N5O2. The van der Waals surface area contributed by atoms with Gasteiger partial charge in [-0.25, -0.2) is 0 Å². The van der Waals surface area contributed by atoms with Crippen LogP contribution in [0.1, 0.15) is 54.3 Å². The first-order chi connectivity index (χ1) is 12.1. The third kappa shape index (κ3) is 3.87. The van der Waals surface area contributed by atoms with Gasteiger partial charge in [-0.3, -0.25) is 19.3 Å². The first kappa shape index (κ1) is 17.1. The van der Waals surface area contributed by atoms with Crippen molar-refractivity contribution < 1.29 is 9.59 Å². The van der Waals surface area contributed by atoms with E-state index in [9.17, 15) is 9.59 Å². The summed E-state index contributed by atoms with van der Waals surface area (Å²) in [5.74, 6) is -0.0596. The lowest BCUT2D eigenvalue weighted by molar-refractivity contribution is -0.119. The van der Waals surface area contributed by atoms with E-state index in [0.29, 0.717) is 12.1 Å². The van der Waals surface area contributed by atoms with Crippen LogP contribution in [0.5, 0.6) is 0 Å². The minimum atomic E-state index is -0.0655. The molecule has 0 aromatic carbocycles. The van der Waals surface area contributed by atoms with Gasteiger partial charge in [0.05, 0.1) is 23.5 Å². The predicted octanol–water partition coefficient (Wildman–Crippen LogP) is 1.91. The molecule has 132 valence electrons. The van der Waals surface area contributed by atoms with E-state index in [4.69, 9.17) is 0 Å². The smallest absolute Gasteiger partial charge is 0.257 e. The Morgan fingerprint density at radius 1 is 1.32 bits per heavy atom. The van der Waals surface area contributed by atoms with Gasteiger partial charge in [0, 0.05) is 39.0 Å². The minimum Gasteiger partial charge on any atom is -0.352 e. The largest absolute Gasteiger partial charge is 0.352 e. The average Bonchev–Trinajstić information content (AvgIpc) is 3.29. The summed E-state index contributed by atoms with van der Waals surface area (Å²) in [6.07, 6.45) is 7.06. The molecule has 0 spiro atoms. The van der Waals surface area contributed by atoms with Crippen LogP contribution in [0.25, 0.3) is 0 Å². The second kappa shape index (κ2) is 7.46. The predicted molar refractivity (Wildman–Crippen MR) is 92.7 cm³/mol. The van der Waals surface area contributed by atoms with Crippen LogP contribution in [0.15, 0.2) is 30.7 Å². The number of rotatable bonds is 5. The molecule has 0 radical (unpaired) electrons. The number of carbonyl (C=O) groups is 2. The topological polar surface area (TPSA) is 80.1 Å². The van der Waals surface area contributed by atoms with Crippen LogP contribution in [-0.2, 0) is 17.9 Å². The number of nitrogens with one attached hydrogen (secondary N) is 1. The van der Waals surface area contributed by atoms with E-state index in [1.54, 1.807) is 23.3 Å². The number of amides is 2. The molecule has 25 heavy (non-hydrogen) atoms. The zero-order chi connectivity index (χ0) is 17.8. The molecule has 3 heterocycles. The molecule has 0 bridgehead atoms. The average molecular weight is 341 g/mol. The second-order valence-electron chi connectivity index (χ2n) is 6.24.